The van der Waals surface area contributed by atoms with E-state index in [9.17, 15) is 28.0 Å². The molecule has 2 unspecified atom stereocenters. The molecule has 0 bridgehead atoms. The number of nitrogens with zero attached hydrogens (tertiary/aromatic N) is 16. The van der Waals surface area contributed by atoms with Crippen molar-refractivity contribution < 1.29 is 27.7 Å². The van der Waals surface area contributed by atoms with E-state index in [1.165, 1.54) is 75.6 Å². The number of hydrogen-bond donors (Lipinski definition) is 4. The number of aromatic nitrogens is 16. The van der Waals surface area contributed by atoms with Crippen LogP contribution >= 0.6 is 0 Å². The highest BCUT2D eigenvalue weighted by atomic mass is 19.1. The van der Waals surface area contributed by atoms with Gasteiger partial charge in [-0.1, -0.05) is 81.7 Å². The molecule has 138 heavy (non-hydrogen) atoms. The molecule has 20 rings (SSSR count). The molecule has 4 aliphatic carbocycles. The summed E-state index contributed by atoms with van der Waals surface area (Å²) in [5, 5.41) is 14.0. The summed E-state index contributed by atoms with van der Waals surface area (Å²) >= 11 is 0. The molecule has 2 atom stereocenters. The van der Waals surface area contributed by atoms with Gasteiger partial charge in [0.25, 0.3) is 0 Å². The Morgan fingerprint density at radius 2 is 0.587 bits per heavy atom. The van der Waals surface area contributed by atoms with Crippen LogP contribution in [0.3, 0.4) is 0 Å². The molecule has 0 radical (unpaired) electrons. The first-order valence-electron chi connectivity index (χ1n) is 49.0. The van der Waals surface area contributed by atoms with Crippen molar-refractivity contribution in [2.75, 3.05) is 60.9 Å². The first-order chi connectivity index (χ1) is 65.3. The van der Waals surface area contributed by atoms with E-state index < -0.39 is 0 Å². The van der Waals surface area contributed by atoms with E-state index in [1.54, 1.807) is 87.1 Å². The van der Waals surface area contributed by atoms with Crippen LogP contribution in [0.4, 0.5) is 32.6 Å². The van der Waals surface area contributed by atoms with Gasteiger partial charge in [0.05, 0.1) is 93.6 Å². The topological polar surface area (TPSA) is 296 Å². The number of anilines is 4. The lowest BCUT2D eigenvalue weighted by Gasteiger charge is -2.26. The predicted molar refractivity (Wildman–Crippen MR) is 546 cm³/mol. The molecule has 740 valence electrons. The molecule has 0 spiro atoms. The summed E-state index contributed by atoms with van der Waals surface area (Å²) in [6.45, 7) is 20.2. The lowest BCUT2D eigenvalue weighted by molar-refractivity contribution is 0.0608. The van der Waals surface area contributed by atoms with Crippen LogP contribution in [-0.2, 0) is 45.1 Å². The maximum absolute atomic E-state index is 13.6. The van der Waals surface area contributed by atoms with Crippen LogP contribution in [0.15, 0.2) is 190 Å². The molecule has 4 aromatic carbocycles. The Morgan fingerprint density at radius 3 is 0.848 bits per heavy atom. The normalized spacial score (nSPS) is 21.6. The van der Waals surface area contributed by atoms with Crippen LogP contribution in [0.1, 0.15) is 223 Å². The zero-order chi connectivity index (χ0) is 92.6. The Hall–Kier alpha value is -11.9. The zero-order valence-electron chi connectivity index (χ0n) is 78.3. The van der Waals surface area contributed by atoms with Crippen molar-refractivity contribution in [2.45, 2.75) is 288 Å². The molecule has 28 nitrogen and oxygen atoms in total. The van der Waals surface area contributed by atoms with E-state index in [4.69, 9.17) is 38.9 Å². The highest BCUT2D eigenvalue weighted by Gasteiger charge is 2.31. The van der Waals surface area contributed by atoms with Crippen LogP contribution < -0.4 is 44.0 Å². The predicted octanol–water partition coefficient (Wildman–Crippen LogP) is 21.0. The van der Waals surface area contributed by atoms with Crippen LogP contribution in [0.2, 0.25) is 0 Å². The molecule has 4 N–H and O–H groups in total. The van der Waals surface area contributed by atoms with Gasteiger partial charge in [0.2, 0.25) is 23.8 Å². The summed E-state index contributed by atoms with van der Waals surface area (Å²) in [5.74, 6) is 5.69. The van der Waals surface area contributed by atoms with Crippen molar-refractivity contribution in [1.29, 1.82) is 0 Å². The molecule has 12 heterocycles. The van der Waals surface area contributed by atoms with E-state index in [1.807, 2.05) is 110 Å². The summed E-state index contributed by atoms with van der Waals surface area (Å²) in [6, 6.07) is 37.0. The third-order valence-electron chi connectivity index (χ3n) is 28.0. The second-order valence-corrected chi connectivity index (χ2v) is 38.6. The van der Waals surface area contributed by atoms with Gasteiger partial charge in [-0.05, 0) is 312 Å². The molecule has 4 aliphatic heterocycles. The van der Waals surface area contributed by atoms with Crippen molar-refractivity contribution in [1.82, 2.24) is 76.4 Å². The number of benzene rings is 4. The number of imidazole rings is 4. The number of halogens is 2. The Morgan fingerprint density at radius 1 is 0.319 bits per heavy atom. The summed E-state index contributed by atoms with van der Waals surface area (Å²) in [4.78, 5) is 91.0. The van der Waals surface area contributed by atoms with Gasteiger partial charge in [0.15, 0.2) is 0 Å². The fraction of sp³-hybridized carbons (Fsp3) is 0.519. The maximum atomic E-state index is 13.6. The van der Waals surface area contributed by atoms with Crippen molar-refractivity contribution in [2.24, 2.45) is 35.5 Å². The standard InChI is InChI=1S/C27H35N5O2.C26H32FN5O2.C26H33N5O2.C25H30FN5O2.4CH4/c1-19-6-8-22(9-7-19)29-26-28-13-10-24(30-26)25-18-31(17-21-11-14-34-15-12-21)27(33)32(25)23-5-3-4-20(2)16-23;1-18-2-6-21(7-3-18)29-25-28-13-10-23(30-25)24-17-31(16-19-11-14-34-15-12-19)26(33)32(24)22-8-4-20(27)5-9-22;1-18-8-10-20(11-9-18)28-25-27-13-12-23(29-25)24-17-30(16-22-7-4-14-33-22)26(32)31(24)21-6-3-5-19(2)15-21;1-17-4-8-19(9-5-17)28-24-27-13-12-22(29-24)23-16-30(15-21-3-2-14-33-21)25(32)31(23)20-10-6-18(26)7-11-20;;;;/h3-5,10,13,16,18-19,21-22H,6-9,11-12,14-15,17H2,1-2H3,(H,28,29,30);4-5,8-10,13,17-19,21H,2-3,6-7,11-12,14-16H2,1H3,(H,28,29,30);3,5-6,12-13,15,17-18,20,22H,4,7-11,14,16H2,1-2H3,(H,27,28,29);6-7,10-13,16-17,19,21H,2-5,8-9,14-15H2,1H3,(H,27,28,29);4*1H4. The minimum Gasteiger partial charge on any atom is -0.381 e. The lowest BCUT2D eigenvalue weighted by atomic mass is 9.87. The number of ether oxygens (including phenoxy) is 4. The van der Waals surface area contributed by atoms with E-state index in [0.29, 0.717) is 120 Å². The smallest absolute Gasteiger partial charge is 0.333 e. The minimum atomic E-state index is -0.345. The van der Waals surface area contributed by atoms with Crippen molar-refractivity contribution >= 4 is 23.8 Å². The van der Waals surface area contributed by atoms with E-state index >= 15 is 0 Å². The molecular formula is C108H146F2N20O8. The third kappa shape index (κ3) is 26.6. The fourth-order valence-electron chi connectivity index (χ4n) is 20.0. The Bertz CT molecular complexity index is 6100. The van der Waals surface area contributed by atoms with Crippen LogP contribution in [0.25, 0.3) is 68.3 Å². The quantitative estimate of drug-likeness (QED) is 0.0437. The van der Waals surface area contributed by atoms with E-state index in [0.717, 1.165) is 211 Å². The molecule has 8 fully saturated rings. The zero-order valence-corrected chi connectivity index (χ0v) is 78.3. The Labute approximate surface area is 811 Å². The van der Waals surface area contributed by atoms with Gasteiger partial charge >= 0.3 is 22.8 Å². The fourth-order valence-corrected chi connectivity index (χ4v) is 20.0. The number of hydrogen-bond acceptors (Lipinski definition) is 20. The average molecular weight is 1890 g/mol. The van der Waals surface area contributed by atoms with Crippen LogP contribution in [-0.4, -0.2) is 152 Å². The van der Waals surface area contributed by atoms with Gasteiger partial charge in [0.1, 0.15) is 11.6 Å². The molecule has 4 saturated heterocycles. The first-order valence-corrected chi connectivity index (χ1v) is 49.0. The van der Waals surface area contributed by atoms with Crippen molar-refractivity contribution in [3.8, 4) is 68.3 Å². The summed E-state index contributed by atoms with van der Waals surface area (Å²) in [6.07, 6.45) is 41.2. The third-order valence-corrected chi connectivity index (χ3v) is 28.0. The van der Waals surface area contributed by atoms with Crippen molar-refractivity contribution in [3.63, 3.8) is 0 Å². The summed E-state index contributed by atoms with van der Waals surface area (Å²) in [7, 11) is 0. The van der Waals surface area contributed by atoms with Gasteiger partial charge in [-0.25, -0.2) is 67.8 Å². The van der Waals surface area contributed by atoms with Gasteiger partial charge in [-0.2, -0.15) is 0 Å². The average Bonchev–Trinajstić information content (AvgIpc) is 1.64. The van der Waals surface area contributed by atoms with Gasteiger partial charge in [0, 0.05) is 126 Å². The SMILES string of the molecule is C.C.C.C.CC1CCC(Nc2nccc(-c3cn(CC4CCCO4)c(=O)n3-c3ccc(F)cc3)n2)CC1.CC1CCC(Nc2nccc(-c3cn(CC4CCOCC4)c(=O)n3-c3ccc(F)cc3)n2)CC1.Cc1cccc(-n2c(-c3ccnc(NC4CCC(C)CC4)n3)cn(CC3CCCO3)c2=O)c1.Cc1cccc(-n2c(-c3ccnc(NC4CCC(C)CC4)n3)cn(CC3CCOCC3)c2=O)c1. The second kappa shape index (κ2) is 49.1. The maximum Gasteiger partial charge on any atom is 0.333 e. The first kappa shape index (κ1) is 104. The van der Waals surface area contributed by atoms with Crippen LogP contribution in [0.5, 0.6) is 0 Å². The number of rotatable bonds is 24. The lowest BCUT2D eigenvalue weighted by Crippen LogP contribution is -2.28. The Balaban J connectivity index is 0.000000154. The molecule has 30 heteroatoms. The van der Waals surface area contributed by atoms with Gasteiger partial charge < -0.3 is 40.2 Å². The van der Waals surface area contributed by atoms with Crippen LogP contribution in [0, 0.1) is 61.0 Å². The summed E-state index contributed by atoms with van der Waals surface area (Å²) < 4.78 is 63.5. The number of nitrogens with one attached hydrogen (secondary N) is 4. The molecule has 8 aliphatic rings. The van der Waals surface area contributed by atoms with Gasteiger partial charge in [-0.15, -0.1) is 0 Å². The summed E-state index contributed by atoms with van der Waals surface area (Å²) in [5.41, 5.74) is 10.4. The highest BCUT2D eigenvalue weighted by molar-refractivity contribution is 5.63. The molecule has 8 aromatic heterocycles. The Kier molecular flexibility index (Phi) is 36.8. The van der Waals surface area contributed by atoms with Crippen molar-refractivity contribution in [3.05, 3.63) is 236 Å². The number of aryl methyl sites for hydroxylation is 2. The monoisotopic (exact) mass is 1890 g/mol. The molecule has 0 amide bonds. The molecule has 4 saturated carbocycles. The second-order valence-electron chi connectivity index (χ2n) is 38.6. The molecular weight excluding hydrogens is 1740 g/mol. The van der Waals surface area contributed by atoms with E-state index in [-0.39, 0.29) is 76.3 Å². The molecule has 12 aromatic rings. The minimum absolute atomic E-state index is 0. The van der Waals surface area contributed by atoms with E-state index in [2.05, 4.69) is 68.9 Å². The van der Waals surface area contributed by atoms with Gasteiger partial charge in [-0.3, -0.25) is 36.5 Å². The largest absolute Gasteiger partial charge is 0.381 e. The highest BCUT2D eigenvalue weighted by Crippen LogP contribution is 2.35.